The van der Waals surface area contributed by atoms with Gasteiger partial charge in [-0.2, -0.15) is 0 Å². The first kappa shape index (κ1) is 17.6. The van der Waals surface area contributed by atoms with E-state index in [1.54, 1.807) is 37.2 Å². The van der Waals surface area contributed by atoms with E-state index < -0.39 is 0 Å². The molecule has 0 saturated carbocycles. The fraction of sp³-hybridized carbons (Fsp3) is 0.263. The van der Waals surface area contributed by atoms with Crippen molar-refractivity contribution in [2.45, 2.75) is 13.3 Å². The van der Waals surface area contributed by atoms with Gasteiger partial charge in [-0.15, -0.1) is 5.10 Å². The van der Waals surface area contributed by atoms with Crippen molar-refractivity contribution < 1.29 is 9.53 Å². The number of pyridine rings is 1. The van der Waals surface area contributed by atoms with Gasteiger partial charge in [0.2, 0.25) is 0 Å². The smallest absolute Gasteiger partial charge is 0.251 e. The molecule has 134 valence electrons. The molecule has 3 rings (SSSR count). The number of benzene rings is 1. The number of carbonyl (C=O) groups is 1. The van der Waals surface area contributed by atoms with E-state index >= 15 is 0 Å². The predicted octanol–water partition coefficient (Wildman–Crippen LogP) is 2.23. The maximum Gasteiger partial charge on any atom is 0.251 e. The van der Waals surface area contributed by atoms with E-state index in [1.807, 2.05) is 31.2 Å². The van der Waals surface area contributed by atoms with Gasteiger partial charge < -0.3 is 10.1 Å². The summed E-state index contributed by atoms with van der Waals surface area (Å²) >= 11 is 0. The van der Waals surface area contributed by atoms with Crippen LogP contribution in [0.2, 0.25) is 0 Å². The van der Waals surface area contributed by atoms with Crippen LogP contribution in [0.3, 0.4) is 0 Å². The molecule has 26 heavy (non-hydrogen) atoms. The number of hydrogen-bond acceptors (Lipinski definition) is 5. The Morgan fingerprint density at radius 3 is 2.73 bits per heavy atom. The van der Waals surface area contributed by atoms with Gasteiger partial charge >= 0.3 is 0 Å². The van der Waals surface area contributed by atoms with E-state index in [1.165, 1.54) is 0 Å². The SMILES string of the molecule is CCNC(=O)c1cc(Cc2ccccc2OC)nc(-c2cn(C)nn2)c1. The summed E-state index contributed by atoms with van der Waals surface area (Å²) in [7, 11) is 3.43. The van der Waals surface area contributed by atoms with Gasteiger partial charge in [-0.3, -0.25) is 14.5 Å². The van der Waals surface area contributed by atoms with Gasteiger partial charge in [0.15, 0.2) is 0 Å². The van der Waals surface area contributed by atoms with Crippen molar-refractivity contribution in [1.82, 2.24) is 25.3 Å². The van der Waals surface area contributed by atoms with Crippen molar-refractivity contribution in [3.63, 3.8) is 0 Å². The number of aryl methyl sites for hydroxylation is 1. The van der Waals surface area contributed by atoms with Crippen LogP contribution in [-0.4, -0.2) is 39.5 Å². The highest BCUT2D eigenvalue weighted by atomic mass is 16.5. The molecule has 0 radical (unpaired) electrons. The number of aromatic nitrogens is 4. The molecule has 3 aromatic rings. The topological polar surface area (TPSA) is 81.9 Å². The average Bonchev–Trinajstić information content (AvgIpc) is 3.08. The Labute approximate surface area is 152 Å². The first-order chi connectivity index (χ1) is 12.6. The lowest BCUT2D eigenvalue weighted by Crippen LogP contribution is -2.23. The molecular formula is C19H21N5O2. The average molecular weight is 351 g/mol. The number of ether oxygens (including phenoxy) is 1. The molecule has 1 N–H and O–H groups in total. The molecule has 0 unspecified atom stereocenters. The third-order valence-electron chi connectivity index (χ3n) is 3.91. The fourth-order valence-electron chi connectivity index (χ4n) is 2.71. The van der Waals surface area contributed by atoms with Crippen LogP contribution in [0.25, 0.3) is 11.4 Å². The normalized spacial score (nSPS) is 10.6. The molecule has 2 heterocycles. The van der Waals surface area contributed by atoms with Crippen LogP contribution in [0.15, 0.2) is 42.6 Å². The molecule has 1 amide bonds. The number of para-hydroxylation sites is 1. The minimum atomic E-state index is -0.138. The van der Waals surface area contributed by atoms with Gasteiger partial charge in [0.1, 0.15) is 11.4 Å². The second kappa shape index (κ2) is 7.77. The summed E-state index contributed by atoms with van der Waals surface area (Å²) in [5.74, 6) is 0.653. The molecule has 0 aliphatic rings. The van der Waals surface area contributed by atoms with Crippen LogP contribution in [0.5, 0.6) is 5.75 Å². The zero-order chi connectivity index (χ0) is 18.5. The minimum Gasteiger partial charge on any atom is -0.496 e. The molecule has 1 aromatic carbocycles. The summed E-state index contributed by atoms with van der Waals surface area (Å²) < 4.78 is 7.03. The molecule has 0 spiro atoms. The summed E-state index contributed by atoms with van der Waals surface area (Å²) in [6.45, 7) is 2.45. The number of methoxy groups -OCH3 is 1. The molecule has 7 nitrogen and oxygen atoms in total. The summed E-state index contributed by atoms with van der Waals surface area (Å²) in [5, 5.41) is 10.9. The van der Waals surface area contributed by atoms with E-state index in [9.17, 15) is 4.79 Å². The molecule has 0 atom stereocenters. The highest BCUT2D eigenvalue weighted by Crippen LogP contribution is 2.23. The van der Waals surface area contributed by atoms with E-state index in [0.717, 1.165) is 17.0 Å². The third kappa shape index (κ3) is 3.88. The highest BCUT2D eigenvalue weighted by molar-refractivity contribution is 5.95. The van der Waals surface area contributed by atoms with Gasteiger partial charge in [-0.25, -0.2) is 0 Å². The molecule has 0 aliphatic heterocycles. The van der Waals surface area contributed by atoms with Crippen LogP contribution >= 0.6 is 0 Å². The third-order valence-corrected chi connectivity index (χ3v) is 3.91. The monoisotopic (exact) mass is 351 g/mol. The number of amides is 1. The maximum atomic E-state index is 12.4. The minimum absolute atomic E-state index is 0.138. The lowest BCUT2D eigenvalue weighted by molar-refractivity contribution is 0.0955. The molecule has 0 saturated heterocycles. The Morgan fingerprint density at radius 2 is 2.04 bits per heavy atom. The fourth-order valence-corrected chi connectivity index (χ4v) is 2.71. The second-order valence-corrected chi connectivity index (χ2v) is 5.86. The van der Waals surface area contributed by atoms with Gasteiger partial charge in [0, 0.05) is 36.8 Å². The van der Waals surface area contributed by atoms with Crippen molar-refractivity contribution in [2.75, 3.05) is 13.7 Å². The number of carbonyl (C=O) groups excluding carboxylic acids is 1. The molecule has 0 bridgehead atoms. The summed E-state index contributed by atoms with van der Waals surface area (Å²) in [6, 6.07) is 11.3. The highest BCUT2D eigenvalue weighted by Gasteiger charge is 2.14. The van der Waals surface area contributed by atoms with Crippen molar-refractivity contribution in [3.05, 3.63) is 59.4 Å². The van der Waals surface area contributed by atoms with E-state index in [2.05, 4.69) is 20.6 Å². The van der Waals surface area contributed by atoms with Crippen LogP contribution in [0.1, 0.15) is 28.5 Å². The number of nitrogens with zero attached hydrogens (tertiary/aromatic N) is 4. The molecule has 2 aromatic heterocycles. The first-order valence-corrected chi connectivity index (χ1v) is 8.38. The number of hydrogen-bond donors (Lipinski definition) is 1. The van der Waals surface area contributed by atoms with Crippen molar-refractivity contribution >= 4 is 5.91 Å². The van der Waals surface area contributed by atoms with Crippen LogP contribution in [-0.2, 0) is 13.5 Å². The Hall–Kier alpha value is -3.22. The second-order valence-electron chi connectivity index (χ2n) is 5.86. The Balaban J connectivity index is 2.03. The van der Waals surface area contributed by atoms with E-state index in [0.29, 0.717) is 29.9 Å². The zero-order valence-electron chi connectivity index (χ0n) is 15.1. The lowest BCUT2D eigenvalue weighted by Gasteiger charge is -2.10. The maximum absolute atomic E-state index is 12.4. The Bertz CT molecular complexity index is 920. The predicted molar refractivity (Wildman–Crippen MR) is 98.0 cm³/mol. The molecule has 7 heteroatoms. The quantitative estimate of drug-likeness (QED) is 0.736. The summed E-state index contributed by atoms with van der Waals surface area (Å²) in [5.41, 5.74) is 3.55. The number of nitrogens with one attached hydrogen (secondary N) is 1. The van der Waals surface area contributed by atoms with Crippen LogP contribution in [0, 0.1) is 0 Å². The Kier molecular flexibility index (Phi) is 5.26. The van der Waals surface area contributed by atoms with Gasteiger partial charge in [0.25, 0.3) is 5.91 Å². The largest absolute Gasteiger partial charge is 0.496 e. The van der Waals surface area contributed by atoms with Gasteiger partial charge in [-0.05, 0) is 25.1 Å². The summed E-state index contributed by atoms with van der Waals surface area (Å²) in [6.07, 6.45) is 2.32. The molecule has 0 fully saturated rings. The standard InChI is InChI=1S/C19H21N5O2/c1-4-20-19(25)14-10-15(9-13-7-5-6-8-18(13)26-3)21-16(11-14)17-12-24(2)23-22-17/h5-8,10-12H,4,9H2,1-3H3,(H,20,25). The lowest BCUT2D eigenvalue weighted by atomic mass is 10.0. The van der Waals surface area contributed by atoms with Gasteiger partial charge in [-0.1, -0.05) is 23.4 Å². The van der Waals surface area contributed by atoms with Crippen molar-refractivity contribution in [3.8, 4) is 17.1 Å². The number of rotatable bonds is 6. The van der Waals surface area contributed by atoms with E-state index in [-0.39, 0.29) is 5.91 Å². The molecular weight excluding hydrogens is 330 g/mol. The zero-order valence-corrected chi connectivity index (χ0v) is 15.1. The first-order valence-electron chi connectivity index (χ1n) is 8.38. The van der Waals surface area contributed by atoms with Crippen LogP contribution < -0.4 is 10.1 Å². The Morgan fingerprint density at radius 1 is 1.23 bits per heavy atom. The van der Waals surface area contributed by atoms with Crippen molar-refractivity contribution in [1.29, 1.82) is 0 Å². The summed E-state index contributed by atoms with van der Waals surface area (Å²) in [4.78, 5) is 17.0. The van der Waals surface area contributed by atoms with Gasteiger partial charge in [0.05, 0.1) is 19.0 Å². The van der Waals surface area contributed by atoms with E-state index in [4.69, 9.17) is 4.74 Å². The van der Waals surface area contributed by atoms with Crippen LogP contribution in [0.4, 0.5) is 0 Å². The van der Waals surface area contributed by atoms with Crippen molar-refractivity contribution in [2.24, 2.45) is 7.05 Å². The molecule has 0 aliphatic carbocycles.